The number of aromatic nitrogens is 4. The van der Waals surface area contributed by atoms with Crippen LogP contribution >= 0.6 is 0 Å². The van der Waals surface area contributed by atoms with Crippen LogP contribution in [0, 0.1) is 0 Å². The monoisotopic (exact) mass is 454 g/mol. The first-order chi connectivity index (χ1) is 14.3. The van der Waals surface area contributed by atoms with Crippen LogP contribution in [0.4, 0.5) is 10.7 Å². The van der Waals surface area contributed by atoms with Crippen molar-refractivity contribution in [1.29, 1.82) is 0 Å². The molecule has 160 valence electrons. The number of hydrogen-bond acceptors (Lipinski definition) is 9. The highest BCUT2D eigenvalue weighted by Gasteiger charge is 2.33. The third-order valence-corrected chi connectivity index (χ3v) is 6.69. The van der Waals surface area contributed by atoms with Crippen molar-refractivity contribution in [1.82, 2.24) is 24.1 Å². The number of fused-ring (bicyclic) bond motifs is 1. The Morgan fingerprint density at radius 2 is 1.87 bits per heavy atom. The van der Waals surface area contributed by atoms with Crippen molar-refractivity contribution >= 4 is 38.8 Å². The number of carbonyl (C=O) groups excluding carboxylic acids is 1. The van der Waals surface area contributed by atoms with Gasteiger partial charge in [0.05, 0.1) is 26.0 Å². The van der Waals surface area contributed by atoms with Crippen LogP contribution in [-0.2, 0) is 21.2 Å². The van der Waals surface area contributed by atoms with Gasteiger partial charge in [0, 0.05) is 6.20 Å². The number of carbonyl (C=O) groups is 1. The smallest absolute Gasteiger partial charge is 0.363 e. The Morgan fingerprint density at radius 1 is 1.20 bits per heavy atom. The van der Waals surface area contributed by atoms with Crippen LogP contribution in [0.2, 0.25) is 0 Å². The van der Waals surface area contributed by atoms with E-state index in [1.54, 1.807) is 18.2 Å². The van der Waals surface area contributed by atoms with Gasteiger partial charge in [-0.3, -0.25) is 9.72 Å². The van der Waals surface area contributed by atoms with Gasteiger partial charge >= 0.3 is 6.03 Å². The maximum atomic E-state index is 12.9. The summed E-state index contributed by atoms with van der Waals surface area (Å²) in [5, 5.41) is 1.76. The summed E-state index contributed by atoms with van der Waals surface area (Å²) in [5.74, 6) is -0.141. The minimum Gasteiger partial charge on any atom is -0.586 e. The van der Waals surface area contributed by atoms with Gasteiger partial charge < -0.3 is 14.0 Å². The van der Waals surface area contributed by atoms with Crippen molar-refractivity contribution < 1.29 is 27.2 Å². The van der Waals surface area contributed by atoms with Crippen molar-refractivity contribution in [2.24, 2.45) is 0 Å². The van der Waals surface area contributed by atoms with E-state index in [0.717, 1.165) is 0 Å². The minimum atomic E-state index is -3.80. The molecule has 2 amide bonds. The molecule has 3 heterocycles. The lowest BCUT2D eigenvalue weighted by molar-refractivity contribution is 0.256. The van der Waals surface area contributed by atoms with E-state index in [2.05, 4.69) is 25.0 Å². The second-order valence-electron chi connectivity index (χ2n) is 5.66. The van der Waals surface area contributed by atoms with Crippen LogP contribution in [0.5, 0.6) is 11.8 Å². The fraction of sp³-hybridized carbons (Fsp3) is 0.250. The van der Waals surface area contributed by atoms with Crippen molar-refractivity contribution in [2.45, 2.75) is 17.0 Å². The Bertz CT molecular complexity index is 1160. The average molecular weight is 454 g/mol. The summed E-state index contributed by atoms with van der Waals surface area (Å²) in [6.07, 6.45) is 1.50. The fourth-order valence-corrected chi connectivity index (χ4v) is 4.72. The Hall–Kier alpha value is -3.10. The Labute approximate surface area is 174 Å². The molecule has 1 atom stereocenters. The maximum Gasteiger partial charge on any atom is 0.363 e. The first kappa shape index (κ1) is 21.6. The van der Waals surface area contributed by atoms with Crippen LogP contribution in [0.1, 0.15) is 6.92 Å². The van der Waals surface area contributed by atoms with Crippen molar-refractivity contribution in [3.63, 3.8) is 0 Å². The second kappa shape index (κ2) is 8.73. The van der Waals surface area contributed by atoms with Crippen LogP contribution in [-0.4, -0.2) is 58.3 Å². The quantitative estimate of drug-likeness (QED) is 0.492. The summed E-state index contributed by atoms with van der Waals surface area (Å²) >= 11 is -2.26. The molecule has 0 bridgehead atoms. The largest absolute Gasteiger partial charge is 0.586 e. The molecule has 12 nitrogen and oxygen atoms in total. The van der Waals surface area contributed by atoms with Crippen LogP contribution in [0.15, 0.2) is 40.5 Å². The summed E-state index contributed by atoms with van der Waals surface area (Å²) in [4.78, 5) is 24.3. The van der Waals surface area contributed by atoms with Gasteiger partial charge in [-0.05, 0) is 12.1 Å². The van der Waals surface area contributed by atoms with Gasteiger partial charge in [0.15, 0.2) is 0 Å². The summed E-state index contributed by atoms with van der Waals surface area (Å²) < 4.78 is 51.2. The number of urea groups is 1. The van der Waals surface area contributed by atoms with Gasteiger partial charge in [0.2, 0.25) is 32.6 Å². The molecule has 14 heteroatoms. The standard InChI is InChI=1S/C16H18N6O6S2/c1-4-30(25,26)13-14(22-8-6-5-7-10(22)17-13)29(24)21-16(23)20-15-18-11(27-2)9-12(19-15)28-3/h5-9H,4H2,1-3H3,(H2,18,19,20,21,23). The van der Waals surface area contributed by atoms with Gasteiger partial charge in [0.25, 0.3) is 5.03 Å². The zero-order valence-electron chi connectivity index (χ0n) is 16.1. The first-order valence-electron chi connectivity index (χ1n) is 8.45. The van der Waals surface area contributed by atoms with Crippen LogP contribution < -0.4 is 19.5 Å². The SMILES string of the molecule is CCS(=O)(=O)c1nc2ccccn2c1[S+]([O-])NC(=O)Nc1nc(OC)cc(OC)n1. The molecule has 0 fully saturated rings. The molecular weight excluding hydrogens is 436 g/mol. The molecule has 0 aromatic carbocycles. The molecule has 0 aliphatic carbocycles. The number of amides is 2. The molecule has 3 aromatic heterocycles. The van der Waals surface area contributed by atoms with Gasteiger partial charge in [-0.25, -0.2) is 18.2 Å². The number of rotatable bonds is 7. The Morgan fingerprint density at radius 3 is 2.47 bits per heavy atom. The molecule has 2 N–H and O–H groups in total. The van der Waals surface area contributed by atoms with E-state index in [1.807, 2.05) is 0 Å². The van der Waals surface area contributed by atoms with Gasteiger partial charge in [0.1, 0.15) is 17.0 Å². The number of anilines is 1. The topological polar surface area (TPSA) is 160 Å². The lowest BCUT2D eigenvalue weighted by atomic mass is 10.5. The third-order valence-electron chi connectivity index (χ3n) is 3.81. The fourth-order valence-electron chi connectivity index (χ4n) is 2.39. The summed E-state index contributed by atoms with van der Waals surface area (Å²) in [6.45, 7) is 1.44. The van der Waals surface area contributed by atoms with Gasteiger partial charge in [-0.15, -0.1) is 4.72 Å². The van der Waals surface area contributed by atoms with E-state index in [0.29, 0.717) is 0 Å². The van der Waals surface area contributed by atoms with Gasteiger partial charge in [-0.2, -0.15) is 9.97 Å². The van der Waals surface area contributed by atoms with E-state index in [1.165, 1.54) is 37.8 Å². The predicted molar refractivity (Wildman–Crippen MR) is 107 cm³/mol. The zero-order valence-corrected chi connectivity index (χ0v) is 17.8. The number of nitrogens with zero attached hydrogens (tertiary/aromatic N) is 4. The number of ether oxygens (including phenoxy) is 2. The van der Waals surface area contributed by atoms with Gasteiger partial charge in [-0.1, -0.05) is 13.0 Å². The van der Waals surface area contributed by atoms with Crippen molar-refractivity contribution in [3.8, 4) is 11.8 Å². The molecule has 0 spiro atoms. The maximum absolute atomic E-state index is 12.9. The van der Waals surface area contributed by atoms with Crippen LogP contribution in [0.3, 0.4) is 0 Å². The van der Waals surface area contributed by atoms with E-state index in [4.69, 9.17) is 9.47 Å². The molecule has 3 aromatic rings. The van der Waals surface area contributed by atoms with Crippen molar-refractivity contribution in [3.05, 3.63) is 30.5 Å². The summed E-state index contributed by atoms with van der Waals surface area (Å²) in [6, 6.07) is 5.31. The lowest BCUT2D eigenvalue weighted by Gasteiger charge is -2.12. The molecule has 0 saturated heterocycles. The van der Waals surface area contributed by atoms with E-state index in [9.17, 15) is 17.8 Å². The van der Waals surface area contributed by atoms with E-state index in [-0.39, 0.29) is 39.2 Å². The molecule has 1 unspecified atom stereocenters. The second-order valence-corrected chi connectivity index (χ2v) is 8.98. The molecule has 0 aliphatic heterocycles. The van der Waals surface area contributed by atoms with Crippen LogP contribution in [0.25, 0.3) is 5.65 Å². The number of hydrogen-bond donors (Lipinski definition) is 2. The molecule has 3 rings (SSSR count). The van der Waals surface area contributed by atoms with E-state index < -0.39 is 27.2 Å². The molecule has 0 aliphatic rings. The highest BCUT2D eigenvalue weighted by Crippen LogP contribution is 2.23. The van der Waals surface area contributed by atoms with Crippen molar-refractivity contribution in [2.75, 3.05) is 25.3 Å². The lowest BCUT2D eigenvalue weighted by Crippen LogP contribution is -2.36. The minimum absolute atomic E-state index is 0.136. The summed E-state index contributed by atoms with van der Waals surface area (Å²) in [7, 11) is -1.05. The number of sulfone groups is 1. The average Bonchev–Trinajstić information content (AvgIpc) is 3.14. The number of imidazole rings is 1. The highest BCUT2D eigenvalue weighted by atomic mass is 32.2. The molecule has 0 radical (unpaired) electrons. The predicted octanol–water partition coefficient (Wildman–Crippen LogP) is 0.779. The highest BCUT2D eigenvalue weighted by molar-refractivity contribution is 7.93. The Balaban J connectivity index is 1.89. The van der Waals surface area contributed by atoms with E-state index >= 15 is 0 Å². The number of methoxy groups -OCH3 is 2. The number of nitrogens with one attached hydrogen (secondary N) is 2. The first-order valence-corrected chi connectivity index (χ1v) is 11.3. The third kappa shape index (κ3) is 4.39. The number of pyridine rings is 1. The summed E-state index contributed by atoms with van der Waals surface area (Å²) in [5.41, 5.74) is 0.274. The normalized spacial score (nSPS) is 12.4. The molecule has 0 saturated carbocycles. The molecule has 30 heavy (non-hydrogen) atoms. The zero-order chi connectivity index (χ0) is 21.9. The Kier molecular flexibility index (Phi) is 6.28. The molecular formula is C16H18N6O6S2.